The van der Waals surface area contributed by atoms with Crippen LogP contribution in [0.3, 0.4) is 0 Å². The first-order valence-electron chi connectivity index (χ1n) is 5.82. The fraction of sp³-hybridized carbons (Fsp3) is 0.308. The maximum Gasteiger partial charge on any atom is 0.194 e. The van der Waals surface area contributed by atoms with Crippen molar-refractivity contribution in [3.63, 3.8) is 0 Å². The first-order chi connectivity index (χ1) is 8.25. The molecule has 3 nitrogen and oxygen atoms in total. The Labute approximate surface area is 116 Å². The molecular formula is C13H16ClN3S. The summed E-state index contributed by atoms with van der Waals surface area (Å²) >= 11 is 1.70. The smallest absolute Gasteiger partial charge is 0.194 e. The summed E-state index contributed by atoms with van der Waals surface area (Å²) in [5.74, 6) is 0. The lowest BCUT2D eigenvalue weighted by atomic mass is 10.3. The molecule has 1 N–H and O–H groups in total. The topological polar surface area (TPSA) is 29.3 Å². The van der Waals surface area contributed by atoms with Gasteiger partial charge in [-0.3, -0.25) is 4.40 Å². The van der Waals surface area contributed by atoms with Crippen molar-refractivity contribution in [2.24, 2.45) is 0 Å². The number of hydrogen-bond acceptors (Lipinski definition) is 3. The Morgan fingerprint density at radius 3 is 2.89 bits per heavy atom. The Balaban J connectivity index is 0.00000120. The molecule has 1 aromatic carbocycles. The first-order valence-corrected chi connectivity index (χ1v) is 6.70. The van der Waals surface area contributed by atoms with Gasteiger partial charge in [-0.2, -0.15) is 0 Å². The Hall–Kier alpha value is -1.10. The molecule has 0 saturated heterocycles. The molecule has 5 heteroatoms. The van der Waals surface area contributed by atoms with E-state index in [-0.39, 0.29) is 12.4 Å². The van der Waals surface area contributed by atoms with Crippen LogP contribution < -0.4 is 5.32 Å². The highest BCUT2D eigenvalue weighted by Gasteiger charge is 2.09. The van der Waals surface area contributed by atoms with Gasteiger partial charge in [-0.25, -0.2) is 4.98 Å². The van der Waals surface area contributed by atoms with E-state index in [2.05, 4.69) is 52.1 Å². The van der Waals surface area contributed by atoms with Gasteiger partial charge in [0.15, 0.2) is 4.96 Å². The number of fused-ring (bicyclic) bond motifs is 3. The number of nitrogens with one attached hydrogen (secondary N) is 1. The van der Waals surface area contributed by atoms with Crippen LogP contribution >= 0.6 is 23.7 Å². The minimum absolute atomic E-state index is 0. The van der Waals surface area contributed by atoms with Crippen LogP contribution in [0.4, 0.5) is 0 Å². The Bertz CT molecular complexity index is 656. The average molecular weight is 282 g/mol. The second-order valence-electron chi connectivity index (χ2n) is 4.48. The van der Waals surface area contributed by atoms with Crippen LogP contribution in [0.5, 0.6) is 0 Å². The Morgan fingerprint density at radius 2 is 2.11 bits per heavy atom. The molecule has 2 heterocycles. The predicted molar refractivity (Wildman–Crippen MR) is 79.8 cm³/mol. The zero-order chi connectivity index (χ0) is 11.8. The summed E-state index contributed by atoms with van der Waals surface area (Å²) in [7, 11) is 0. The van der Waals surface area contributed by atoms with Crippen molar-refractivity contribution < 1.29 is 0 Å². The molecule has 0 spiro atoms. The van der Waals surface area contributed by atoms with Gasteiger partial charge in [0.25, 0.3) is 0 Å². The molecule has 3 aromatic rings. The lowest BCUT2D eigenvalue weighted by Gasteiger charge is -2.07. The molecule has 0 aliphatic carbocycles. The van der Waals surface area contributed by atoms with Crippen LogP contribution in [-0.4, -0.2) is 15.4 Å². The summed E-state index contributed by atoms with van der Waals surface area (Å²) in [5, 5.41) is 5.64. The number of aromatic nitrogens is 2. The molecule has 2 aromatic heterocycles. The van der Waals surface area contributed by atoms with Crippen molar-refractivity contribution in [3.8, 4) is 0 Å². The molecule has 0 aliphatic heterocycles. The molecule has 0 atom stereocenters. The fourth-order valence-corrected chi connectivity index (χ4v) is 2.87. The SMILES string of the molecule is CC(C)NCc1csc2nc3ccccc3n12.Cl. The number of benzene rings is 1. The number of hydrogen-bond donors (Lipinski definition) is 1. The van der Waals surface area contributed by atoms with Gasteiger partial charge in [0.05, 0.1) is 11.0 Å². The average Bonchev–Trinajstić information content (AvgIpc) is 2.84. The minimum Gasteiger partial charge on any atom is -0.309 e. The van der Waals surface area contributed by atoms with Crippen LogP contribution in [0, 0.1) is 0 Å². The van der Waals surface area contributed by atoms with Gasteiger partial charge in [-0.05, 0) is 12.1 Å². The van der Waals surface area contributed by atoms with E-state index in [1.54, 1.807) is 11.3 Å². The van der Waals surface area contributed by atoms with Crippen LogP contribution in [0.15, 0.2) is 29.6 Å². The number of halogens is 1. The molecular weight excluding hydrogens is 266 g/mol. The van der Waals surface area contributed by atoms with Crippen LogP contribution in [0.25, 0.3) is 16.0 Å². The van der Waals surface area contributed by atoms with E-state index in [0.29, 0.717) is 6.04 Å². The second-order valence-corrected chi connectivity index (χ2v) is 5.32. The molecule has 0 unspecified atom stereocenters. The standard InChI is InChI=1S/C13H15N3S.ClH/c1-9(2)14-7-10-8-17-13-15-11-5-3-4-6-12(11)16(10)13;/h3-6,8-9,14H,7H2,1-2H3;1H. The molecule has 0 aliphatic rings. The monoisotopic (exact) mass is 281 g/mol. The molecule has 0 saturated carbocycles. The van der Waals surface area contributed by atoms with Gasteiger partial charge in [0.1, 0.15) is 0 Å². The van der Waals surface area contributed by atoms with Crippen molar-refractivity contribution in [1.82, 2.24) is 14.7 Å². The lowest BCUT2D eigenvalue weighted by Crippen LogP contribution is -2.22. The minimum atomic E-state index is 0. The zero-order valence-electron chi connectivity index (χ0n) is 10.4. The van der Waals surface area contributed by atoms with E-state index in [9.17, 15) is 0 Å². The van der Waals surface area contributed by atoms with Gasteiger partial charge in [0, 0.05) is 23.7 Å². The highest BCUT2D eigenvalue weighted by atomic mass is 35.5. The molecule has 0 fully saturated rings. The van der Waals surface area contributed by atoms with Crippen molar-refractivity contribution in [2.45, 2.75) is 26.4 Å². The predicted octanol–water partition coefficient (Wildman–Crippen LogP) is 3.47. The number of thiazole rings is 1. The number of rotatable bonds is 3. The third-order valence-corrected chi connectivity index (χ3v) is 3.68. The fourth-order valence-electron chi connectivity index (χ4n) is 1.96. The molecule has 0 radical (unpaired) electrons. The van der Waals surface area contributed by atoms with E-state index in [1.807, 2.05) is 6.07 Å². The highest BCUT2D eigenvalue weighted by Crippen LogP contribution is 2.23. The first kappa shape index (κ1) is 13.3. The van der Waals surface area contributed by atoms with Crippen molar-refractivity contribution in [1.29, 1.82) is 0 Å². The van der Waals surface area contributed by atoms with Crippen LogP contribution in [0.1, 0.15) is 19.5 Å². The summed E-state index contributed by atoms with van der Waals surface area (Å²) in [6, 6.07) is 8.79. The number of imidazole rings is 1. The van der Waals surface area contributed by atoms with Gasteiger partial charge < -0.3 is 5.32 Å². The summed E-state index contributed by atoms with van der Waals surface area (Å²) in [5.41, 5.74) is 3.56. The summed E-state index contributed by atoms with van der Waals surface area (Å²) < 4.78 is 2.25. The third-order valence-electron chi connectivity index (χ3n) is 2.81. The van der Waals surface area contributed by atoms with Crippen LogP contribution in [0.2, 0.25) is 0 Å². The number of para-hydroxylation sites is 2. The molecule has 18 heavy (non-hydrogen) atoms. The van der Waals surface area contributed by atoms with E-state index >= 15 is 0 Å². The molecule has 0 bridgehead atoms. The highest BCUT2D eigenvalue weighted by molar-refractivity contribution is 7.15. The lowest BCUT2D eigenvalue weighted by molar-refractivity contribution is 0.581. The van der Waals surface area contributed by atoms with Gasteiger partial charge >= 0.3 is 0 Å². The van der Waals surface area contributed by atoms with Crippen molar-refractivity contribution in [2.75, 3.05) is 0 Å². The maximum absolute atomic E-state index is 4.62. The maximum atomic E-state index is 4.62. The largest absolute Gasteiger partial charge is 0.309 e. The second kappa shape index (κ2) is 5.26. The van der Waals surface area contributed by atoms with Crippen LogP contribution in [-0.2, 0) is 6.54 Å². The summed E-state index contributed by atoms with van der Waals surface area (Å²) in [6.45, 7) is 5.21. The Morgan fingerprint density at radius 1 is 1.33 bits per heavy atom. The Kier molecular flexibility index (Phi) is 3.90. The van der Waals surface area contributed by atoms with Gasteiger partial charge in [0.2, 0.25) is 0 Å². The van der Waals surface area contributed by atoms with E-state index in [4.69, 9.17) is 0 Å². The van der Waals surface area contributed by atoms with Gasteiger partial charge in [-0.15, -0.1) is 23.7 Å². The molecule has 96 valence electrons. The van der Waals surface area contributed by atoms with Crippen molar-refractivity contribution in [3.05, 3.63) is 35.3 Å². The van der Waals surface area contributed by atoms with Gasteiger partial charge in [-0.1, -0.05) is 26.0 Å². The van der Waals surface area contributed by atoms with E-state index in [0.717, 1.165) is 17.0 Å². The number of nitrogens with zero attached hydrogens (tertiary/aromatic N) is 2. The van der Waals surface area contributed by atoms with E-state index < -0.39 is 0 Å². The summed E-state index contributed by atoms with van der Waals surface area (Å²) in [4.78, 5) is 5.69. The quantitative estimate of drug-likeness (QED) is 0.796. The van der Waals surface area contributed by atoms with Crippen molar-refractivity contribution >= 4 is 39.7 Å². The molecule has 0 amide bonds. The summed E-state index contributed by atoms with van der Waals surface area (Å²) in [6.07, 6.45) is 0. The van der Waals surface area contributed by atoms with E-state index in [1.165, 1.54) is 11.2 Å². The third kappa shape index (κ3) is 2.23. The molecule has 3 rings (SSSR count). The zero-order valence-corrected chi connectivity index (χ0v) is 12.0. The normalized spacial score (nSPS) is 11.3.